The van der Waals surface area contributed by atoms with Crippen molar-refractivity contribution >= 4 is 22.2 Å². The highest BCUT2D eigenvalue weighted by Crippen LogP contribution is 2.32. The largest absolute Gasteiger partial charge is 0.472 e. The van der Waals surface area contributed by atoms with E-state index in [1.165, 1.54) is 23.7 Å². The van der Waals surface area contributed by atoms with Crippen LogP contribution in [0.25, 0.3) is 11.3 Å². The molecule has 0 fully saturated rings. The molecule has 21 heavy (non-hydrogen) atoms. The average Bonchev–Trinajstić information content (AvgIpc) is 3.08. The monoisotopic (exact) mass is 310 g/mol. The van der Waals surface area contributed by atoms with E-state index in [9.17, 15) is 13.2 Å². The predicted octanol–water partition coefficient (Wildman–Crippen LogP) is 5.17. The fourth-order valence-corrected chi connectivity index (χ4v) is 2.51. The van der Waals surface area contributed by atoms with Crippen molar-refractivity contribution in [3.8, 4) is 11.3 Å². The normalized spacial score (nSPS) is 11.6. The van der Waals surface area contributed by atoms with Crippen LogP contribution in [0.5, 0.6) is 0 Å². The van der Waals surface area contributed by atoms with Gasteiger partial charge in [0, 0.05) is 16.6 Å². The molecular formula is C14H9F3N2OS. The highest BCUT2D eigenvalue weighted by Gasteiger charge is 2.30. The quantitative estimate of drug-likeness (QED) is 0.725. The van der Waals surface area contributed by atoms with Gasteiger partial charge in [0.05, 0.1) is 23.8 Å². The molecule has 2 aromatic heterocycles. The molecule has 7 heteroatoms. The molecule has 2 heterocycles. The van der Waals surface area contributed by atoms with Gasteiger partial charge in [-0.1, -0.05) is 6.07 Å². The topological polar surface area (TPSA) is 38.1 Å². The number of rotatable bonds is 3. The van der Waals surface area contributed by atoms with Gasteiger partial charge in [0.15, 0.2) is 5.13 Å². The van der Waals surface area contributed by atoms with E-state index in [0.29, 0.717) is 16.5 Å². The van der Waals surface area contributed by atoms with Gasteiger partial charge in [-0.05, 0) is 24.3 Å². The van der Waals surface area contributed by atoms with Crippen LogP contribution in [-0.4, -0.2) is 4.98 Å². The summed E-state index contributed by atoms with van der Waals surface area (Å²) in [6.45, 7) is 0. The van der Waals surface area contributed by atoms with Gasteiger partial charge in [0.1, 0.15) is 0 Å². The van der Waals surface area contributed by atoms with Gasteiger partial charge < -0.3 is 9.73 Å². The van der Waals surface area contributed by atoms with Crippen molar-refractivity contribution in [1.82, 2.24) is 4.98 Å². The summed E-state index contributed by atoms with van der Waals surface area (Å²) in [6, 6.07) is 6.77. The number of thiazole rings is 1. The summed E-state index contributed by atoms with van der Waals surface area (Å²) < 4.78 is 42.9. The van der Waals surface area contributed by atoms with Crippen LogP contribution in [0.1, 0.15) is 5.56 Å². The Morgan fingerprint density at radius 2 is 2.05 bits per heavy atom. The molecule has 1 aromatic carbocycles. The second-order valence-electron chi connectivity index (χ2n) is 4.25. The molecule has 1 N–H and O–H groups in total. The summed E-state index contributed by atoms with van der Waals surface area (Å²) in [4.78, 5) is 4.31. The lowest BCUT2D eigenvalue weighted by Crippen LogP contribution is -2.05. The van der Waals surface area contributed by atoms with Crippen LogP contribution < -0.4 is 5.32 Å². The molecule has 108 valence electrons. The van der Waals surface area contributed by atoms with Crippen LogP contribution >= 0.6 is 11.3 Å². The fraction of sp³-hybridized carbons (Fsp3) is 0.0714. The Morgan fingerprint density at radius 1 is 1.19 bits per heavy atom. The van der Waals surface area contributed by atoms with Crippen molar-refractivity contribution in [3.63, 3.8) is 0 Å². The van der Waals surface area contributed by atoms with E-state index in [-0.39, 0.29) is 0 Å². The van der Waals surface area contributed by atoms with Gasteiger partial charge in [-0.15, -0.1) is 11.3 Å². The van der Waals surface area contributed by atoms with Crippen LogP contribution in [0.4, 0.5) is 24.0 Å². The SMILES string of the molecule is FC(F)(F)c1cccc(Nc2nc(-c3ccoc3)cs2)c1. The Balaban J connectivity index is 1.81. The molecule has 0 aliphatic rings. The van der Waals surface area contributed by atoms with Crippen molar-refractivity contribution in [3.05, 3.63) is 53.8 Å². The molecule has 0 unspecified atom stereocenters. The molecule has 0 atom stereocenters. The average molecular weight is 310 g/mol. The number of alkyl halides is 3. The number of furan rings is 1. The third kappa shape index (κ3) is 3.08. The maximum atomic E-state index is 12.6. The van der Waals surface area contributed by atoms with E-state index in [1.807, 2.05) is 0 Å². The maximum Gasteiger partial charge on any atom is 0.416 e. The summed E-state index contributed by atoms with van der Waals surface area (Å²) in [5.41, 5.74) is 1.18. The van der Waals surface area contributed by atoms with Crippen LogP contribution in [0, 0.1) is 0 Å². The van der Waals surface area contributed by atoms with Crippen molar-refractivity contribution in [1.29, 1.82) is 0 Å². The molecule has 0 aliphatic heterocycles. The summed E-state index contributed by atoms with van der Waals surface area (Å²) >= 11 is 1.31. The predicted molar refractivity (Wildman–Crippen MR) is 74.5 cm³/mol. The number of hydrogen-bond donors (Lipinski definition) is 1. The zero-order valence-electron chi connectivity index (χ0n) is 10.5. The van der Waals surface area contributed by atoms with Crippen LogP contribution in [-0.2, 0) is 6.18 Å². The molecule has 3 aromatic rings. The summed E-state index contributed by atoms with van der Waals surface area (Å²) in [5, 5.41) is 5.20. The van der Waals surface area contributed by atoms with Crippen LogP contribution in [0.2, 0.25) is 0 Å². The number of aromatic nitrogens is 1. The minimum atomic E-state index is -4.36. The first-order valence-corrected chi connectivity index (χ1v) is 6.83. The first kappa shape index (κ1) is 13.7. The fourth-order valence-electron chi connectivity index (χ4n) is 1.77. The number of anilines is 2. The van der Waals surface area contributed by atoms with E-state index in [4.69, 9.17) is 4.42 Å². The molecule has 0 bridgehead atoms. The number of nitrogens with zero attached hydrogens (tertiary/aromatic N) is 1. The lowest BCUT2D eigenvalue weighted by molar-refractivity contribution is -0.137. The van der Waals surface area contributed by atoms with Crippen LogP contribution in [0.3, 0.4) is 0 Å². The molecule has 0 radical (unpaired) electrons. The molecule has 0 amide bonds. The van der Waals surface area contributed by atoms with Crippen molar-refractivity contribution in [2.24, 2.45) is 0 Å². The van der Waals surface area contributed by atoms with Crippen molar-refractivity contribution in [2.75, 3.05) is 5.32 Å². The zero-order chi connectivity index (χ0) is 14.9. The summed E-state index contributed by atoms with van der Waals surface area (Å²) in [6.07, 6.45) is -1.26. The van der Waals surface area contributed by atoms with E-state index in [1.54, 1.807) is 23.8 Å². The van der Waals surface area contributed by atoms with Crippen molar-refractivity contribution in [2.45, 2.75) is 6.18 Å². The second-order valence-corrected chi connectivity index (χ2v) is 5.11. The lowest BCUT2D eigenvalue weighted by Gasteiger charge is -2.08. The summed E-state index contributed by atoms with van der Waals surface area (Å²) in [7, 11) is 0. The minimum absolute atomic E-state index is 0.345. The molecule has 0 spiro atoms. The highest BCUT2D eigenvalue weighted by molar-refractivity contribution is 7.14. The molecule has 3 rings (SSSR count). The van der Waals surface area contributed by atoms with Gasteiger partial charge in [0.2, 0.25) is 0 Å². The second kappa shape index (κ2) is 5.25. The Labute approximate surface area is 122 Å². The maximum absolute atomic E-state index is 12.6. The molecule has 0 saturated heterocycles. The first-order valence-electron chi connectivity index (χ1n) is 5.95. The molecular weight excluding hydrogens is 301 g/mol. The highest BCUT2D eigenvalue weighted by atomic mass is 32.1. The third-order valence-corrected chi connectivity index (χ3v) is 3.52. The Bertz CT molecular complexity index is 735. The van der Waals surface area contributed by atoms with Gasteiger partial charge >= 0.3 is 6.18 Å². The lowest BCUT2D eigenvalue weighted by atomic mass is 10.2. The van der Waals surface area contributed by atoms with E-state index in [2.05, 4.69) is 10.3 Å². The Kier molecular flexibility index (Phi) is 3.42. The number of nitrogens with one attached hydrogen (secondary N) is 1. The van der Waals surface area contributed by atoms with E-state index < -0.39 is 11.7 Å². The first-order chi connectivity index (χ1) is 10.0. The van der Waals surface area contributed by atoms with Crippen molar-refractivity contribution < 1.29 is 17.6 Å². The standard InChI is InChI=1S/C14H9F3N2OS/c15-14(16,17)10-2-1-3-11(6-10)18-13-19-12(8-21-13)9-4-5-20-7-9/h1-8H,(H,18,19). The molecule has 3 nitrogen and oxygen atoms in total. The van der Waals surface area contributed by atoms with Gasteiger partial charge in [-0.2, -0.15) is 13.2 Å². The van der Waals surface area contributed by atoms with Crippen LogP contribution in [0.15, 0.2) is 52.7 Å². The Hall–Kier alpha value is -2.28. The van der Waals surface area contributed by atoms with E-state index in [0.717, 1.165) is 17.7 Å². The Morgan fingerprint density at radius 3 is 2.76 bits per heavy atom. The zero-order valence-corrected chi connectivity index (χ0v) is 11.3. The van der Waals surface area contributed by atoms with Gasteiger partial charge in [-0.25, -0.2) is 4.98 Å². The number of benzene rings is 1. The number of hydrogen-bond acceptors (Lipinski definition) is 4. The van der Waals surface area contributed by atoms with E-state index >= 15 is 0 Å². The van der Waals surface area contributed by atoms with Gasteiger partial charge in [0.25, 0.3) is 0 Å². The summed E-state index contributed by atoms with van der Waals surface area (Å²) in [5.74, 6) is 0. The smallest absolute Gasteiger partial charge is 0.416 e. The molecule has 0 aliphatic carbocycles. The molecule has 0 saturated carbocycles. The minimum Gasteiger partial charge on any atom is -0.472 e. The number of halogens is 3. The third-order valence-electron chi connectivity index (χ3n) is 2.76. The van der Waals surface area contributed by atoms with Gasteiger partial charge in [-0.3, -0.25) is 0 Å².